The van der Waals surface area contributed by atoms with E-state index in [1.165, 1.54) is 0 Å². The molecule has 1 atom stereocenters. The summed E-state index contributed by atoms with van der Waals surface area (Å²) in [5, 5.41) is 16.7. The van der Waals surface area contributed by atoms with Gasteiger partial charge in [0, 0.05) is 45.1 Å². The van der Waals surface area contributed by atoms with Crippen LogP contribution < -0.4 is 10.6 Å². The van der Waals surface area contributed by atoms with Crippen LogP contribution in [-0.4, -0.2) is 60.7 Å². The number of nitrogens with one attached hydrogen (secondary N) is 2. The zero-order valence-corrected chi connectivity index (χ0v) is 16.9. The molecule has 0 radical (unpaired) electrons. The maximum absolute atomic E-state index is 11.6. The van der Waals surface area contributed by atoms with Crippen LogP contribution in [0, 0.1) is 5.41 Å². The number of piperidine rings is 1. The zero-order chi connectivity index (χ0) is 16.2. The Balaban J connectivity index is 0.00000264. The van der Waals surface area contributed by atoms with Gasteiger partial charge in [0.05, 0.1) is 5.60 Å². The van der Waals surface area contributed by atoms with E-state index < -0.39 is 5.60 Å². The molecule has 1 amide bonds. The molecule has 2 aliphatic rings. The Morgan fingerprint density at radius 1 is 1.48 bits per heavy atom. The number of rotatable bonds is 4. The Labute approximate surface area is 156 Å². The van der Waals surface area contributed by atoms with Crippen LogP contribution in [0.3, 0.4) is 0 Å². The quantitative estimate of drug-likeness (QED) is 0.352. The van der Waals surface area contributed by atoms with Gasteiger partial charge in [0.1, 0.15) is 0 Å². The highest BCUT2D eigenvalue weighted by atomic mass is 127. The SMILES string of the molecule is CCC(O)(CC)CNC(=NC)N1CCCC2(CNC(=O)C2)C1.I. The molecule has 3 N–H and O–H groups in total. The van der Waals surface area contributed by atoms with Crippen molar-refractivity contribution in [2.45, 2.75) is 51.6 Å². The second-order valence-electron chi connectivity index (χ2n) is 6.81. The second-order valence-corrected chi connectivity index (χ2v) is 6.81. The number of likely N-dealkylation sites (tertiary alicyclic amines) is 1. The maximum atomic E-state index is 11.6. The van der Waals surface area contributed by atoms with Crippen LogP contribution >= 0.6 is 24.0 Å². The van der Waals surface area contributed by atoms with Crippen LogP contribution in [0.25, 0.3) is 0 Å². The summed E-state index contributed by atoms with van der Waals surface area (Å²) >= 11 is 0. The number of nitrogens with zero attached hydrogens (tertiary/aromatic N) is 2. The Bertz CT molecular complexity index is 440. The molecule has 1 unspecified atom stereocenters. The molecule has 0 aromatic rings. The summed E-state index contributed by atoms with van der Waals surface area (Å²) < 4.78 is 0. The van der Waals surface area contributed by atoms with Crippen molar-refractivity contribution < 1.29 is 9.90 Å². The van der Waals surface area contributed by atoms with E-state index >= 15 is 0 Å². The summed E-state index contributed by atoms with van der Waals surface area (Å²) in [4.78, 5) is 18.2. The Morgan fingerprint density at radius 2 is 2.17 bits per heavy atom. The van der Waals surface area contributed by atoms with Gasteiger partial charge < -0.3 is 20.6 Å². The van der Waals surface area contributed by atoms with Crippen molar-refractivity contribution in [2.24, 2.45) is 10.4 Å². The molecule has 0 bridgehead atoms. The fourth-order valence-electron chi connectivity index (χ4n) is 3.50. The molecule has 2 fully saturated rings. The van der Waals surface area contributed by atoms with Gasteiger partial charge >= 0.3 is 0 Å². The molecule has 1 spiro atoms. The molecule has 2 aliphatic heterocycles. The van der Waals surface area contributed by atoms with Gasteiger partial charge in [-0.05, 0) is 25.7 Å². The summed E-state index contributed by atoms with van der Waals surface area (Å²) in [6.07, 6.45) is 4.22. The van der Waals surface area contributed by atoms with Crippen LogP contribution in [0.4, 0.5) is 0 Å². The van der Waals surface area contributed by atoms with Crippen LogP contribution in [0.2, 0.25) is 0 Å². The largest absolute Gasteiger partial charge is 0.388 e. The third kappa shape index (κ3) is 4.95. The highest BCUT2D eigenvalue weighted by Crippen LogP contribution is 2.36. The minimum absolute atomic E-state index is 0. The van der Waals surface area contributed by atoms with E-state index in [4.69, 9.17) is 0 Å². The van der Waals surface area contributed by atoms with E-state index in [2.05, 4.69) is 20.5 Å². The molecule has 134 valence electrons. The van der Waals surface area contributed by atoms with Gasteiger partial charge in [0.2, 0.25) is 5.91 Å². The molecular formula is C16H31IN4O2. The Morgan fingerprint density at radius 3 is 2.70 bits per heavy atom. The third-order valence-electron chi connectivity index (χ3n) is 5.26. The number of carbonyl (C=O) groups excluding carboxylic acids is 1. The normalized spacial score (nSPS) is 25.3. The van der Waals surface area contributed by atoms with Crippen molar-refractivity contribution in [2.75, 3.05) is 33.2 Å². The lowest BCUT2D eigenvalue weighted by Gasteiger charge is -2.41. The number of carbonyl (C=O) groups is 1. The molecule has 0 aromatic carbocycles. The van der Waals surface area contributed by atoms with Gasteiger partial charge in [-0.25, -0.2) is 0 Å². The van der Waals surface area contributed by atoms with Crippen molar-refractivity contribution in [3.63, 3.8) is 0 Å². The number of guanidine groups is 1. The Kier molecular flexibility index (Phi) is 7.57. The van der Waals surface area contributed by atoms with E-state index in [-0.39, 0.29) is 35.3 Å². The van der Waals surface area contributed by atoms with Crippen molar-refractivity contribution in [3.05, 3.63) is 0 Å². The summed E-state index contributed by atoms with van der Waals surface area (Å²) in [6.45, 7) is 7.08. The average molecular weight is 438 g/mol. The predicted octanol–water partition coefficient (Wildman–Crippen LogP) is 1.33. The van der Waals surface area contributed by atoms with Gasteiger partial charge in [0.25, 0.3) is 0 Å². The second kappa shape index (κ2) is 8.50. The molecule has 6 nitrogen and oxygen atoms in total. The van der Waals surface area contributed by atoms with E-state index in [1.807, 2.05) is 13.8 Å². The molecule has 23 heavy (non-hydrogen) atoms. The Hall–Kier alpha value is -0.570. The highest BCUT2D eigenvalue weighted by molar-refractivity contribution is 14.0. The first-order chi connectivity index (χ1) is 10.5. The lowest BCUT2D eigenvalue weighted by atomic mass is 9.79. The number of aliphatic hydroxyl groups is 1. The molecule has 0 aromatic heterocycles. The fraction of sp³-hybridized carbons (Fsp3) is 0.875. The van der Waals surface area contributed by atoms with Gasteiger partial charge in [0.15, 0.2) is 5.96 Å². The highest BCUT2D eigenvalue weighted by Gasteiger charge is 2.42. The molecule has 0 saturated carbocycles. The topological polar surface area (TPSA) is 77.0 Å². The number of amides is 1. The van der Waals surface area contributed by atoms with Gasteiger partial charge in [-0.3, -0.25) is 9.79 Å². The first-order valence-electron chi connectivity index (χ1n) is 8.40. The van der Waals surface area contributed by atoms with E-state index in [0.717, 1.165) is 51.3 Å². The first kappa shape index (κ1) is 20.5. The number of halogens is 1. The van der Waals surface area contributed by atoms with Crippen molar-refractivity contribution in [1.82, 2.24) is 15.5 Å². The number of hydrogen-bond acceptors (Lipinski definition) is 3. The smallest absolute Gasteiger partial charge is 0.220 e. The molecular weight excluding hydrogens is 407 g/mol. The number of hydrogen-bond donors (Lipinski definition) is 3. The van der Waals surface area contributed by atoms with Gasteiger partial charge in [-0.2, -0.15) is 0 Å². The summed E-state index contributed by atoms with van der Waals surface area (Å²) in [5.74, 6) is 0.995. The van der Waals surface area contributed by atoms with Gasteiger partial charge in [-0.1, -0.05) is 13.8 Å². The van der Waals surface area contributed by atoms with E-state index in [9.17, 15) is 9.90 Å². The molecule has 2 rings (SSSR count). The summed E-state index contributed by atoms with van der Waals surface area (Å²) in [5.41, 5.74) is -0.632. The van der Waals surface area contributed by atoms with Crippen molar-refractivity contribution in [3.8, 4) is 0 Å². The minimum Gasteiger partial charge on any atom is -0.388 e. The third-order valence-corrected chi connectivity index (χ3v) is 5.26. The maximum Gasteiger partial charge on any atom is 0.220 e. The van der Waals surface area contributed by atoms with Crippen LogP contribution in [0.1, 0.15) is 46.0 Å². The number of aliphatic imine (C=N–C) groups is 1. The molecule has 2 heterocycles. The first-order valence-corrected chi connectivity index (χ1v) is 8.40. The van der Waals surface area contributed by atoms with E-state index in [0.29, 0.717) is 13.0 Å². The minimum atomic E-state index is -0.686. The molecule has 2 saturated heterocycles. The lowest BCUT2D eigenvalue weighted by Crippen LogP contribution is -2.53. The van der Waals surface area contributed by atoms with Crippen LogP contribution in [0.5, 0.6) is 0 Å². The molecule has 0 aliphatic carbocycles. The van der Waals surface area contributed by atoms with Crippen LogP contribution in [-0.2, 0) is 4.79 Å². The van der Waals surface area contributed by atoms with Crippen LogP contribution in [0.15, 0.2) is 4.99 Å². The van der Waals surface area contributed by atoms with E-state index in [1.54, 1.807) is 7.05 Å². The standard InChI is InChI=1S/C16H30N4O2.HI/c1-4-16(22,5-2)11-19-14(17-3)20-8-6-7-15(12-20)9-13(21)18-10-15;/h22H,4-12H2,1-3H3,(H,17,19)(H,18,21);1H. The van der Waals surface area contributed by atoms with Crippen molar-refractivity contribution in [1.29, 1.82) is 0 Å². The molecule has 7 heteroatoms. The summed E-state index contributed by atoms with van der Waals surface area (Å²) in [6, 6.07) is 0. The van der Waals surface area contributed by atoms with Crippen molar-refractivity contribution >= 4 is 35.8 Å². The monoisotopic (exact) mass is 438 g/mol. The average Bonchev–Trinajstić information content (AvgIpc) is 2.88. The van der Waals surface area contributed by atoms with Gasteiger partial charge in [-0.15, -0.1) is 24.0 Å². The summed E-state index contributed by atoms with van der Waals surface area (Å²) in [7, 11) is 1.78. The lowest BCUT2D eigenvalue weighted by molar-refractivity contribution is -0.119. The fourth-order valence-corrected chi connectivity index (χ4v) is 3.50. The predicted molar refractivity (Wildman–Crippen MR) is 103 cm³/mol. The zero-order valence-electron chi connectivity index (χ0n) is 14.5.